The third-order valence-corrected chi connectivity index (χ3v) is 7.13. The smallest absolute Gasteiger partial charge is 0.215 e. The van der Waals surface area contributed by atoms with Gasteiger partial charge in [0, 0.05) is 20.1 Å². The zero-order valence-corrected chi connectivity index (χ0v) is 20.5. The highest BCUT2D eigenvalue weighted by Crippen LogP contribution is 2.44. The van der Waals surface area contributed by atoms with E-state index in [0.29, 0.717) is 29.5 Å². The van der Waals surface area contributed by atoms with Gasteiger partial charge in [-0.05, 0) is 62.6 Å². The van der Waals surface area contributed by atoms with Crippen molar-refractivity contribution in [2.75, 3.05) is 41.5 Å². The van der Waals surface area contributed by atoms with Crippen molar-refractivity contribution in [3.05, 3.63) is 41.9 Å². The fraction of sp³-hybridized carbons (Fsp3) is 0.538. The molecule has 1 unspecified atom stereocenters. The second-order valence-corrected chi connectivity index (χ2v) is 10.7. The second kappa shape index (κ2) is 9.22. The van der Waals surface area contributed by atoms with Gasteiger partial charge in [0.2, 0.25) is 6.41 Å². The van der Waals surface area contributed by atoms with Crippen LogP contribution in [0.2, 0.25) is 0 Å². The molecule has 4 rings (SSSR count). The summed E-state index contributed by atoms with van der Waals surface area (Å²) in [5.41, 5.74) is 2.49. The van der Waals surface area contributed by atoms with Crippen LogP contribution in [0.25, 0.3) is 0 Å². The Kier molecular flexibility index (Phi) is 6.50. The molecule has 1 fully saturated rings. The van der Waals surface area contributed by atoms with Crippen LogP contribution >= 0.6 is 0 Å². The van der Waals surface area contributed by atoms with Crippen molar-refractivity contribution < 1.29 is 9.90 Å². The van der Waals surface area contributed by atoms with E-state index in [1.165, 1.54) is 6.20 Å². The summed E-state index contributed by atoms with van der Waals surface area (Å²) in [5.74, 6) is 0.874. The number of hydrogen-bond donors (Lipinski definition) is 1. The van der Waals surface area contributed by atoms with E-state index in [-0.39, 0.29) is 5.41 Å². The number of hydrogen-bond acceptors (Lipinski definition) is 7. The lowest BCUT2D eigenvalue weighted by Crippen LogP contribution is -2.42. The van der Waals surface area contributed by atoms with E-state index in [2.05, 4.69) is 39.8 Å². The van der Waals surface area contributed by atoms with Crippen LogP contribution in [0.3, 0.4) is 0 Å². The second-order valence-electron chi connectivity index (χ2n) is 10.7. The number of rotatable bonds is 7. The summed E-state index contributed by atoms with van der Waals surface area (Å²) in [5, 5.41) is 19.5. The lowest BCUT2D eigenvalue weighted by molar-refractivity contribution is -0.107. The maximum absolute atomic E-state index is 11.9. The summed E-state index contributed by atoms with van der Waals surface area (Å²) in [6, 6.07) is 8.16. The van der Waals surface area contributed by atoms with Gasteiger partial charge in [-0.15, -0.1) is 0 Å². The van der Waals surface area contributed by atoms with E-state index < -0.39 is 5.60 Å². The van der Waals surface area contributed by atoms with Crippen molar-refractivity contribution >= 4 is 23.6 Å². The van der Waals surface area contributed by atoms with Gasteiger partial charge in [-0.2, -0.15) is 5.26 Å². The quantitative estimate of drug-likeness (QED) is 0.627. The van der Waals surface area contributed by atoms with Crippen LogP contribution < -0.4 is 14.7 Å². The first-order valence-electron chi connectivity index (χ1n) is 11.9. The molecule has 0 saturated heterocycles. The van der Waals surface area contributed by atoms with Gasteiger partial charge >= 0.3 is 0 Å². The van der Waals surface area contributed by atoms with Crippen LogP contribution in [0, 0.1) is 22.7 Å². The van der Waals surface area contributed by atoms with Crippen LogP contribution in [0.15, 0.2) is 30.6 Å². The van der Waals surface area contributed by atoms with E-state index in [1.807, 2.05) is 18.2 Å². The summed E-state index contributed by atoms with van der Waals surface area (Å²) in [6.45, 7) is 7.99. The molecular formula is C26H34N6O2. The van der Waals surface area contributed by atoms with E-state index >= 15 is 0 Å². The average molecular weight is 463 g/mol. The molecule has 0 radical (unpaired) electrons. The summed E-state index contributed by atoms with van der Waals surface area (Å²) in [6.07, 6.45) is 8.27. The van der Waals surface area contributed by atoms with E-state index in [4.69, 9.17) is 0 Å². The highest BCUT2D eigenvalue weighted by atomic mass is 16.3. The molecule has 8 nitrogen and oxygen atoms in total. The number of aromatic nitrogens is 2. The molecule has 0 spiro atoms. The summed E-state index contributed by atoms with van der Waals surface area (Å²) < 4.78 is 0. The molecule has 1 saturated carbocycles. The molecule has 1 aromatic heterocycles. The first-order valence-corrected chi connectivity index (χ1v) is 11.9. The molecule has 1 N–H and O–H groups in total. The van der Waals surface area contributed by atoms with Crippen molar-refractivity contribution in [3.63, 3.8) is 0 Å². The molecule has 180 valence electrons. The topological polar surface area (TPSA) is 96.6 Å². The predicted molar refractivity (Wildman–Crippen MR) is 133 cm³/mol. The molecule has 34 heavy (non-hydrogen) atoms. The number of fused-ring (bicyclic) bond motifs is 1. The predicted octanol–water partition coefficient (Wildman–Crippen LogP) is 3.65. The largest absolute Gasteiger partial charge is 0.384 e. The molecule has 0 bridgehead atoms. The Morgan fingerprint density at radius 3 is 2.76 bits per heavy atom. The molecule has 2 heterocycles. The van der Waals surface area contributed by atoms with Crippen molar-refractivity contribution in [1.82, 2.24) is 9.97 Å². The number of amides is 1. The standard InChI is InChI=1S/C26H34N6O2/c1-25(2,34)23-13-29-24(14-28-23)31(18-33)15-20-6-5-9-26(3,11-20)16-32-17-30(4)21-8-7-19(12-27)10-22(21)32/h7-8,10,13-14,18,20,34H,5-6,9,11,15-17H2,1-4H3/t20?,26-/m0/s1. The van der Waals surface area contributed by atoms with Gasteiger partial charge in [0.25, 0.3) is 0 Å². The number of carbonyl (C=O) groups is 1. The van der Waals surface area contributed by atoms with Crippen LogP contribution in [-0.2, 0) is 10.4 Å². The number of benzene rings is 1. The zero-order chi connectivity index (χ0) is 24.5. The summed E-state index contributed by atoms with van der Waals surface area (Å²) in [7, 11) is 2.09. The first kappa shape index (κ1) is 24.0. The van der Waals surface area contributed by atoms with Crippen LogP contribution in [0.5, 0.6) is 0 Å². The lowest BCUT2D eigenvalue weighted by Gasteiger charge is -2.42. The summed E-state index contributed by atoms with van der Waals surface area (Å²) in [4.78, 5) is 26.8. The number of nitrogens with zero attached hydrogens (tertiary/aromatic N) is 6. The van der Waals surface area contributed by atoms with Crippen molar-refractivity contribution in [2.45, 2.75) is 52.1 Å². The van der Waals surface area contributed by atoms with E-state index in [0.717, 1.165) is 56.7 Å². The third-order valence-electron chi connectivity index (χ3n) is 7.13. The van der Waals surface area contributed by atoms with Gasteiger partial charge in [-0.1, -0.05) is 13.3 Å². The lowest BCUT2D eigenvalue weighted by atomic mass is 9.70. The highest BCUT2D eigenvalue weighted by Gasteiger charge is 2.37. The number of nitriles is 1. The van der Waals surface area contributed by atoms with Crippen LogP contribution in [0.1, 0.15) is 57.7 Å². The number of anilines is 3. The van der Waals surface area contributed by atoms with Gasteiger partial charge in [0.05, 0.1) is 47.8 Å². The van der Waals surface area contributed by atoms with Crippen LogP contribution in [-0.4, -0.2) is 48.3 Å². The SMILES string of the molecule is CN1CN(C[C@@]2(C)CCCC(CN(C=O)c3cnc(C(C)(C)O)cn3)C2)c2cc(C#N)ccc21. The third kappa shape index (κ3) is 5.00. The van der Waals surface area contributed by atoms with Gasteiger partial charge < -0.3 is 14.9 Å². The minimum absolute atomic E-state index is 0.110. The van der Waals surface area contributed by atoms with E-state index in [9.17, 15) is 15.2 Å². The molecule has 2 aromatic rings. The van der Waals surface area contributed by atoms with Gasteiger partial charge in [0.15, 0.2) is 5.82 Å². The molecule has 1 aliphatic carbocycles. The Labute approximate surface area is 201 Å². The highest BCUT2D eigenvalue weighted by molar-refractivity contribution is 5.77. The van der Waals surface area contributed by atoms with Crippen molar-refractivity contribution in [3.8, 4) is 6.07 Å². The normalized spacial score (nSPS) is 22.3. The first-order chi connectivity index (χ1) is 16.1. The van der Waals surface area contributed by atoms with E-state index in [1.54, 1.807) is 24.9 Å². The monoisotopic (exact) mass is 462 g/mol. The molecule has 2 atom stereocenters. The Balaban J connectivity index is 1.45. The van der Waals surface area contributed by atoms with Crippen molar-refractivity contribution in [2.24, 2.45) is 11.3 Å². The Morgan fingerprint density at radius 2 is 2.12 bits per heavy atom. The molecule has 1 amide bonds. The molecule has 8 heteroatoms. The fourth-order valence-electron chi connectivity index (χ4n) is 5.45. The minimum atomic E-state index is -1.07. The number of aliphatic hydroxyl groups is 1. The maximum Gasteiger partial charge on any atom is 0.215 e. The number of carbonyl (C=O) groups excluding carboxylic acids is 1. The Morgan fingerprint density at radius 1 is 1.32 bits per heavy atom. The van der Waals surface area contributed by atoms with Gasteiger partial charge in [-0.25, -0.2) is 4.98 Å². The van der Waals surface area contributed by atoms with Gasteiger partial charge in [-0.3, -0.25) is 14.7 Å². The maximum atomic E-state index is 11.9. The van der Waals surface area contributed by atoms with Crippen LogP contribution in [0.4, 0.5) is 17.2 Å². The molecule has 2 aliphatic rings. The fourth-order valence-corrected chi connectivity index (χ4v) is 5.45. The molecular weight excluding hydrogens is 428 g/mol. The van der Waals surface area contributed by atoms with Crippen molar-refractivity contribution in [1.29, 1.82) is 5.26 Å². The Bertz CT molecular complexity index is 1070. The zero-order valence-electron chi connectivity index (χ0n) is 20.5. The summed E-state index contributed by atoms with van der Waals surface area (Å²) >= 11 is 0. The Hall–Kier alpha value is -3.18. The van der Waals surface area contributed by atoms with Gasteiger partial charge in [0.1, 0.15) is 5.60 Å². The minimum Gasteiger partial charge on any atom is -0.384 e. The molecule has 1 aromatic carbocycles. The molecule has 1 aliphatic heterocycles. The average Bonchev–Trinajstić information content (AvgIpc) is 3.10.